The Kier molecular flexibility index (Phi) is 9.11. The number of anilines is 1. The van der Waals surface area contributed by atoms with Crippen LogP contribution in [0.2, 0.25) is 0 Å². The van der Waals surface area contributed by atoms with E-state index >= 15 is 0 Å². The molecule has 12 heteroatoms. The molecule has 0 aliphatic heterocycles. The van der Waals surface area contributed by atoms with E-state index in [2.05, 4.69) is 26.0 Å². The minimum atomic E-state index is -2.84. The zero-order chi connectivity index (χ0) is 29.6. The van der Waals surface area contributed by atoms with E-state index < -0.39 is 23.4 Å². The summed E-state index contributed by atoms with van der Waals surface area (Å²) in [6, 6.07) is 15.3. The van der Waals surface area contributed by atoms with Crippen molar-refractivity contribution in [3.63, 3.8) is 0 Å². The summed E-state index contributed by atoms with van der Waals surface area (Å²) in [5.74, 6) is -0.679. The lowest BCUT2D eigenvalue weighted by atomic mass is 9.79. The Balaban J connectivity index is 1.81. The first-order valence-corrected chi connectivity index (χ1v) is 12.6. The number of hydrogen-bond donors (Lipinski definition) is 3. The predicted octanol–water partition coefficient (Wildman–Crippen LogP) is 4.67. The quantitative estimate of drug-likeness (QED) is 0.236. The molecule has 9 nitrogen and oxygen atoms in total. The van der Waals surface area contributed by atoms with E-state index in [-0.39, 0.29) is 55.7 Å². The van der Waals surface area contributed by atoms with Crippen molar-refractivity contribution in [2.45, 2.75) is 38.2 Å². The first-order chi connectivity index (χ1) is 19.7. The second kappa shape index (κ2) is 12.7. The molecule has 0 atom stereocenters. The molecule has 41 heavy (non-hydrogen) atoms. The molecule has 3 aromatic heterocycles. The number of nitrogens with zero attached hydrogens (tertiary/aromatic N) is 5. The summed E-state index contributed by atoms with van der Waals surface area (Å²) in [4.78, 5) is 17.0. The third-order valence-electron chi connectivity index (χ3n) is 6.44. The monoisotopic (exact) mass is 564 g/mol. The number of aryl methyl sites for hydroxylation is 1. The number of pyridine rings is 2. The molecule has 1 aromatic carbocycles. The van der Waals surface area contributed by atoms with Crippen LogP contribution in [0.15, 0.2) is 54.6 Å². The van der Waals surface area contributed by atoms with Crippen LogP contribution in [0.25, 0.3) is 22.4 Å². The van der Waals surface area contributed by atoms with E-state index in [1.54, 1.807) is 31.2 Å². The van der Waals surface area contributed by atoms with Gasteiger partial charge in [0, 0.05) is 24.5 Å². The van der Waals surface area contributed by atoms with E-state index in [0.29, 0.717) is 28.2 Å². The molecule has 0 aliphatic rings. The molecule has 212 valence electrons. The molecule has 0 amide bonds. The third-order valence-corrected chi connectivity index (χ3v) is 6.44. The number of halogens is 3. The number of hydrogen-bond acceptors (Lipinski definition) is 9. The molecule has 0 saturated heterocycles. The fraction of sp³-hybridized carbons (Fsp3) is 0.276. The summed E-state index contributed by atoms with van der Waals surface area (Å²) in [5.41, 5.74) is 6.61. The Labute approximate surface area is 234 Å². The van der Waals surface area contributed by atoms with Gasteiger partial charge in [-0.25, -0.2) is 18.2 Å². The van der Waals surface area contributed by atoms with Crippen molar-refractivity contribution in [1.29, 1.82) is 5.26 Å². The summed E-state index contributed by atoms with van der Waals surface area (Å²) in [6.07, 6.45) is -2.70. The first kappa shape index (κ1) is 29.4. The van der Waals surface area contributed by atoms with Gasteiger partial charge < -0.3 is 20.7 Å². The van der Waals surface area contributed by atoms with Gasteiger partial charge >= 0.3 is 0 Å². The number of aliphatic hydroxyl groups is 2. The average Bonchev–Trinajstić information content (AvgIpc) is 2.95. The smallest absolute Gasteiger partial charge is 0.280 e. The van der Waals surface area contributed by atoms with E-state index in [4.69, 9.17) is 10.5 Å². The van der Waals surface area contributed by atoms with Crippen molar-refractivity contribution >= 4 is 5.95 Å². The van der Waals surface area contributed by atoms with Crippen molar-refractivity contribution in [1.82, 2.24) is 19.9 Å². The SMILES string of the molecule is Cc1cc(-c2c(OCc3cccc(C(C#N)(CCO)CCO)n3)nc(N)nc2-c2ccc(F)cc2)cc(C(F)F)n1. The lowest BCUT2D eigenvalue weighted by molar-refractivity contribution is 0.146. The van der Waals surface area contributed by atoms with Crippen molar-refractivity contribution in [3.8, 4) is 34.3 Å². The zero-order valence-corrected chi connectivity index (χ0v) is 22.1. The standard InChI is InChI=1S/C29H27F3N6O3/c1-17-13-19(14-22(35-17)26(31)32)24-25(18-5-7-20(30)8-6-18)37-28(34)38-27(24)41-15-21-3-2-4-23(36-21)29(16-33,9-11-39)10-12-40/h2-8,13-14,26,39-40H,9-12,15H2,1H3,(H2,34,37,38). The molecule has 0 bridgehead atoms. The lowest BCUT2D eigenvalue weighted by Gasteiger charge is -2.25. The second-order valence-corrected chi connectivity index (χ2v) is 9.28. The molecule has 3 heterocycles. The van der Waals surface area contributed by atoms with Crippen LogP contribution in [-0.4, -0.2) is 43.4 Å². The second-order valence-electron chi connectivity index (χ2n) is 9.28. The molecular formula is C29H27F3N6O3. The maximum absolute atomic E-state index is 13.7. The Bertz CT molecular complexity index is 1550. The molecule has 0 radical (unpaired) electrons. The van der Waals surface area contributed by atoms with Crippen LogP contribution in [-0.2, 0) is 12.0 Å². The maximum atomic E-state index is 13.7. The molecule has 4 rings (SSSR count). The fourth-order valence-electron chi connectivity index (χ4n) is 4.49. The molecule has 4 N–H and O–H groups in total. The van der Waals surface area contributed by atoms with Gasteiger partial charge in [0.25, 0.3) is 6.43 Å². The Morgan fingerprint density at radius 3 is 2.32 bits per heavy atom. The van der Waals surface area contributed by atoms with E-state index in [1.165, 1.54) is 30.3 Å². The van der Waals surface area contributed by atoms with Crippen LogP contribution in [0, 0.1) is 24.1 Å². The summed E-state index contributed by atoms with van der Waals surface area (Å²) in [7, 11) is 0. The highest BCUT2D eigenvalue weighted by Crippen LogP contribution is 2.39. The number of ether oxygens (including phenoxy) is 1. The number of aliphatic hydroxyl groups excluding tert-OH is 2. The Hall–Kier alpha value is -4.60. The summed E-state index contributed by atoms with van der Waals surface area (Å²) in [5, 5.41) is 28.9. The van der Waals surface area contributed by atoms with Crippen molar-refractivity contribution in [2.75, 3.05) is 18.9 Å². The predicted molar refractivity (Wildman–Crippen MR) is 144 cm³/mol. The van der Waals surface area contributed by atoms with E-state index in [0.717, 1.165) is 0 Å². The van der Waals surface area contributed by atoms with Gasteiger partial charge in [-0.3, -0.25) is 9.97 Å². The number of nitriles is 1. The van der Waals surface area contributed by atoms with Gasteiger partial charge in [0.2, 0.25) is 11.8 Å². The molecule has 0 saturated carbocycles. The largest absolute Gasteiger partial charge is 0.471 e. The molecule has 4 aromatic rings. The number of aromatic nitrogens is 4. The van der Waals surface area contributed by atoms with Crippen molar-refractivity contribution in [2.24, 2.45) is 0 Å². The van der Waals surface area contributed by atoms with Crippen LogP contribution in [0.3, 0.4) is 0 Å². The number of alkyl halides is 2. The van der Waals surface area contributed by atoms with Gasteiger partial charge in [-0.2, -0.15) is 10.2 Å². The highest BCUT2D eigenvalue weighted by atomic mass is 19.3. The summed E-state index contributed by atoms with van der Waals surface area (Å²) < 4.78 is 47.1. The summed E-state index contributed by atoms with van der Waals surface area (Å²) >= 11 is 0. The van der Waals surface area contributed by atoms with Crippen LogP contribution in [0.5, 0.6) is 5.88 Å². The lowest BCUT2D eigenvalue weighted by Crippen LogP contribution is -2.28. The van der Waals surface area contributed by atoms with Gasteiger partial charge in [0.05, 0.1) is 28.7 Å². The zero-order valence-electron chi connectivity index (χ0n) is 22.1. The Morgan fingerprint density at radius 2 is 1.68 bits per heavy atom. The highest BCUT2D eigenvalue weighted by Gasteiger charge is 2.33. The average molecular weight is 565 g/mol. The van der Waals surface area contributed by atoms with Gasteiger partial charge in [0.15, 0.2) is 0 Å². The van der Waals surface area contributed by atoms with Gasteiger partial charge in [0.1, 0.15) is 23.5 Å². The number of nitrogen functional groups attached to an aromatic ring is 1. The topological polar surface area (TPSA) is 151 Å². The minimum Gasteiger partial charge on any atom is -0.471 e. The van der Waals surface area contributed by atoms with Gasteiger partial charge in [-0.15, -0.1) is 0 Å². The van der Waals surface area contributed by atoms with Crippen molar-refractivity contribution in [3.05, 3.63) is 83.2 Å². The normalized spacial score (nSPS) is 11.5. The number of benzene rings is 1. The van der Waals surface area contributed by atoms with Crippen LogP contribution in [0.4, 0.5) is 19.1 Å². The summed E-state index contributed by atoms with van der Waals surface area (Å²) in [6.45, 7) is 0.849. The van der Waals surface area contributed by atoms with Crippen molar-refractivity contribution < 1.29 is 28.1 Å². The fourth-order valence-corrected chi connectivity index (χ4v) is 4.49. The van der Waals surface area contributed by atoms with Crippen LogP contribution >= 0.6 is 0 Å². The number of nitrogens with two attached hydrogens (primary N) is 1. The van der Waals surface area contributed by atoms with E-state index in [1.807, 2.05) is 0 Å². The van der Waals surface area contributed by atoms with Gasteiger partial charge in [-0.1, -0.05) is 6.07 Å². The third kappa shape index (κ3) is 6.59. The van der Waals surface area contributed by atoms with E-state index in [9.17, 15) is 28.6 Å². The molecule has 0 fully saturated rings. The minimum absolute atomic E-state index is 0.0351. The Morgan fingerprint density at radius 1 is 0.976 bits per heavy atom. The van der Waals surface area contributed by atoms with Crippen LogP contribution < -0.4 is 10.5 Å². The molecule has 0 aliphatic carbocycles. The molecule has 0 unspecified atom stereocenters. The highest BCUT2D eigenvalue weighted by molar-refractivity contribution is 5.85. The molecule has 0 spiro atoms. The first-order valence-electron chi connectivity index (χ1n) is 12.6. The van der Waals surface area contributed by atoms with Crippen LogP contribution in [0.1, 0.15) is 42.0 Å². The number of rotatable bonds is 11. The maximum Gasteiger partial charge on any atom is 0.280 e. The van der Waals surface area contributed by atoms with Gasteiger partial charge in [-0.05, 0) is 73.9 Å². The molecular weight excluding hydrogens is 537 g/mol.